The Kier molecular flexibility index (Phi) is 4.02. The molecule has 0 spiro atoms. The normalized spacial score (nSPS) is 11.3. The molecule has 0 saturated heterocycles. The number of benzene rings is 2. The number of allylic oxidation sites excluding steroid dienone is 1. The number of methoxy groups -OCH3 is 1. The van der Waals surface area contributed by atoms with E-state index in [-0.39, 0.29) is 5.91 Å². The average Bonchev–Trinajstić information content (AvgIpc) is 2.84. The quantitative estimate of drug-likeness (QED) is 0.661. The van der Waals surface area contributed by atoms with Gasteiger partial charge in [-0.05, 0) is 49.2 Å². The van der Waals surface area contributed by atoms with Crippen LogP contribution in [0.25, 0.3) is 17.0 Å². The Morgan fingerprint density at radius 3 is 2.52 bits per heavy atom. The lowest BCUT2D eigenvalue weighted by molar-refractivity contribution is 0.0973. The van der Waals surface area contributed by atoms with Gasteiger partial charge in [0.2, 0.25) is 0 Å². The van der Waals surface area contributed by atoms with Crippen molar-refractivity contribution in [1.82, 2.24) is 4.57 Å². The third-order valence-corrected chi connectivity index (χ3v) is 4.17. The van der Waals surface area contributed by atoms with Crippen LogP contribution in [0.15, 0.2) is 54.6 Å². The maximum Gasteiger partial charge on any atom is 0.255 e. The Labute approximate surface area is 135 Å². The Morgan fingerprint density at radius 1 is 1.09 bits per heavy atom. The highest BCUT2D eigenvalue weighted by Gasteiger charge is 2.15. The second-order valence-corrected chi connectivity index (χ2v) is 5.51. The number of carbonyl (C=O) groups excluding carboxylic acids is 1. The van der Waals surface area contributed by atoms with Gasteiger partial charge in [0.25, 0.3) is 5.91 Å². The molecule has 1 heterocycles. The van der Waals surface area contributed by atoms with E-state index in [4.69, 9.17) is 4.74 Å². The van der Waals surface area contributed by atoms with Crippen LogP contribution in [0.4, 0.5) is 0 Å². The molecule has 3 nitrogen and oxygen atoms in total. The first-order chi connectivity index (χ1) is 11.1. The molecule has 0 unspecified atom stereocenters. The molecule has 3 heteroatoms. The monoisotopic (exact) mass is 305 g/mol. The van der Waals surface area contributed by atoms with Gasteiger partial charge in [-0.1, -0.05) is 30.3 Å². The highest BCUT2D eigenvalue weighted by Crippen LogP contribution is 2.28. The molecule has 0 aliphatic carbocycles. The third kappa shape index (κ3) is 2.78. The average molecular weight is 305 g/mol. The highest BCUT2D eigenvalue weighted by atomic mass is 16.5. The Morgan fingerprint density at radius 2 is 1.83 bits per heavy atom. The lowest BCUT2D eigenvalue weighted by Crippen LogP contribution is -2.08. The van der Waals surface area contributed by atoms with Crippen molar-refractivity contribution < 1.29 is 9.53 Å². The van der Waals surface area contributed by atoms with E-state index >= 15 is 0 Å². The van der Waals surface area contributed by atoms with Crippen LogP contribution in [0.5, 0.6) is 5.75 Å². The number of ether oxygens (including phenoxy) is 1. The molecule has 0 bridgehead atoms. The van der Waals surface area contributed by atoms with E-state index in [1.165, 1.54) is 0 Å². The molecule has 1 aromatic heterocycles. The van der Waals surface area contributed by atoms with Gasteiger partial charge in [-0.15, -0.1) is 0 Å². The standard InChI is InChI=1S/C20H19NO2/c1-14-15(2)21(19-11-10-17(23-3)13-18(14)19)20(22)12-9-16-7-5-4-6-8-16/h4-13H,1-3H3. The van der Waals surface area contributed by atoms with Crippen molar-refractivity contribution in [3.05, 3.63) is 71.4 Å². The van der Waals surface area contributed by atoms with Crippen molar-refractivity contribution in [2.75, 3.05) is 7.11 Å². The number of hydrogen-bond donors (Lipinski definition) is 0. The summed E-state index contributed by atoms with van der Waals surface area (Å²) < 4.78 is 7.04. The van der Waals surface area contributed by atoms with Gasteiger partial charge in [0, 0.05) is 17.2 Å². The number of hydrogen-bond acceptors (Lipinski definition) is 2. The molecule has 0 amide bonds. The number of aryl methyl sites for hydroxylation is 1. The van der Waals surface area contributed by atoms with Crippen LogP contribution >= 0.6 is 0 Å². The molecule has 0 fully saturated rings. The first-order valence-corrected chi connectivity index (χ1v) is 7.55. The summed E-state index contributed by atoms with van der Waals surface area (Å²) in [6, 6.07) is 15.6. The molecule has 116 valence electrons. The summed E-state index contributed by atoms with van der Waals surface area (Å²) in [5.74, 6) is 0.750. The minimum Gasteiger partial charge on any atom is -0.497 e. The first kappa shape index (κ1) is 15.1. The number of aromatic nitrogens is 1. The second-order valence-electron chi connectivity index (χ2n) is 5.51. The van der Waals surface area contributed by atoms with Gasteiger partial charge >= 0.3 is 0 Å². The third-order valence-electron chi connectivity index (χ3n) is 4.17. The van der Waals surface area contributed by atoms with Gasteiger partial charge in [0.15, 0.2) is 0 Å². The minimum absolute atomic E-state index is 0.0466. The molecule has 23 heavy (non-hydrogen) atoms. The first-order valence-electron chi connectivity index (χ1n) is 7.55. The van der Waals surface area contributed by atoms with E-state index in [0.29, 0.717) is 0 Å². The zero-order valence-electron chi connectivity index (χ0n) is 13.5. The van der Waals surface area contributed by atoms with Gasteiger partial charge in [-0.2, -0.15) is 0 Å². The summed E-state index contributed by atoms with van der Waals surface area (Å²) in [7, 11) is 1.65. The van der Waals surface area contributed by atoms with E-state index in [1.807, 2.05) is 68.5 Å². The van der Waals surface area contributed by atoms with Crippen LogP contribution in [0.1, 0.15) is 21.6 Å². The number of carbonyl (C=O) groups is 1. The maximum atomic E-state index is 12.7. The number of rotatable bonds is 3. The summed E-state index contributed by atoms with van der Waals surface area (Å²) in [6.07, 6.45) is 3.46. The Bertz CT molecular complexity index is 889. The second kappa shape index (κ2) is 6.13. The fraction of sp³-hybridized carbons (Fsp3) is 0.150. The largest absolute Gasteiger partial charge is 0.497 e. The smallest absolute Gasteiger partial charge is 0.255 e. The van der Waals surface area contributed by atoms with Crippen molar-refractivity contribution >= 4 is 22.9 Å². The zero-order valence-corrected chi connectivity index (χ0v) is 13.5. The van der Waals surface area contributed by atoms with Crippen molar-refractivity contribution in [2.24, 2.45) is 0 Å². The van der Waals surface area contributed by atoms with Gasteiger partial charge in [0.05, 0.1) is 12.6 Å². The molecular formula is C20H19NO2. The number of nitrogens with zero attached hydrogens (tertiary/aromatic N) is 1. The molecular weight excluding hydrogens is 286 g/mol. The van der Waals surface area contributed by atoms with E-state index < -0.39 is 0 Å². The summed E-state index contributed by atoms with van der Waals surface area (Å²) >= 11 is 0. The molecule has 3 aromatic rings. The molecule has 3 rings (SSSR count). The predicted octanol–water partition coefficient (Wildman–Crippen LogP) is 4.62. The van der Waals surface area contributed by atoms with Crippen LogP contribution in [0, 0.1) is 13.8 Å². The van der Waals surface area contributed by atoms with E-state index in [1.54, 1.807) is 17.8 Å². The van der Waals surface area contributed by atoms with Crippen LogP contribution in [0.2, 0.25) is 0 Å². The van der Waals surface area contributed by atoms with Crippen molar-refractivity contribution in [2.45, 2.75) is 13.8 Å². The van der Waals surface area contributed by atoms with Gasteiger partial charge in [-0.25, -0.2) is 0 Å². The summed E-state index contributed by atoms with van der Waals surface area (Å²) in [5.41, 5.74) is 3.97. The molecule has 0 aliphatic rings. The Hall–Kier alpha value is -2.81. The molecule has 0 radical (unpaired) electrons. The fourth-order valence-electron chi connectivity index (χ4n) is 2.77. The lowest BCUT2D eigenvalue weighted by Gasteiger charge is -2.04. The maximum absolute atomic E-state index is 12.7. The van der Waals surface area contributed by atoms with Crippen LogP contribution in [0.3, 0.4) is 0 Å². The van der Waals surface area contributed by atoms with Gasteiger partial charge in [0.1, 0.15) is 5.75 Å². The zero-order chi connectivity index (χ0) is 16.4. The molecule has 0 saturated carbocycles. The van der Waals surface area contributed by atoms with Crippen molar-refractivity contribution in [3.63, 3.8) is 0 Å². The fourth-order valence-corrected chi connectivity index (χ4v) is 2.77. The predicted molar refractivity (Wildman–Crippen MR) is 94.1 cm³/mol. The Balaban J connectivity index is 2.04. The van der Waals surface area contributed by atoms with Crippen LogP contribution in [-0.4, -0.2) is 17.6 Å². The van der Waals surface area contributed by atoms with E-state index in [9.17, 15) is 4.79 Å². The van der Waals surface area contributed by atoms with Gasteiger partial charge < -0.3 is 4.74 Å². The molecule has 0 atom stereocenters. The lowest BCUT2D eigenvalue weighted by atomic mass is 10.1. The topological polar surface area (TPSA) is 31.2 Å². The van der Waals surface area contributed by atoms with E-state index in [2.05, 4.69) is 0 Å². The van der Waals surface area contributed by atoms with Crippen molar-refractivity contribution in [3.8, 4) is 5.75 Å². The van der Waals surface area contributed by atoms with Crippen LogP contribution < -0.4 is 4.74 Å². The molecule has 0 aliphatic heterocycles. The van der Waals surface area contributed by atoms with Gasteiger partial charge in [-0.3, -0.25) is 9.36 Å². The summed E-state index contributed by atoms with van der Waals surface area (Å²) in [4.78, 5) is 12.7. The summed E-state index contributed by atoms with van der Waals surface area (Å²) in [5, 5.41) is 1.04. The van der Waals surface area contributed by atoms with Crippen molar-refractivity contribution in [1.29, 1.82) is 0 Å². The highest BCUT2D eigenvalue weighted by molar-refractivity contribution is 6.02. The molecule has 0 N–H and O–H groups in total. The summed E-state index contributed by atoms with van der Waals surface area (Å²) in [6.45, 7) is 4.00. The molecule has 2 aromatic carbocycles. The van der Waals surface area contributed by atoms with Crippen LogP contribution in [-0.2, 0) is 0 Å². The number of fused-ring (bicyclic) bond motifs is 1. The van der Waals surface area contributed by atoms with E-state index in [0.717, 1.165) is 33.5 Å². The minimum atomic E-state index is -0.0466. The SMILES string of the molecule is COc1ccc2c(c1)c(C)c(C)n2C(=O)C=Cc1ccccc1.